The number of rotatable bonds is 1. The molecule has 2 aromatic rings. The van der Waals surface area contributed by atoms with Crippen molar-refractivity contribution in [1.82, 2.24) is 4.57 Å². The molecule has 0 unspecified atom stereocenters. The fraction of sp³-hybridized carbons (Fsp3) is 0.267. The molecule has 0 spiro atoms. The van der Waals surface area contributed by atoms with Crippen LogP contribution in [0.5, 0.6) is 0 Å². The smallest absolute Gasteiger partial charge is 0.419 e. The lowest BCUT2D eigenvalue weighted by atomic mass is 10.1. The lowest BCUT2D eigenvalue weighted by Gasteiger charge is -2.20. The van der Waals surface area contributed by atoms with Gasteiger partial charge in [-0.2, -0.15) is 0 Å². The van der Waals surface area contributed by atoms with Crippen LogP contribution >= 0.6 is 0 Å². The first-order chi connectivity index (χ1) is 9.19. The number of carboxylic acid groups (broad SMARTS) is 1. The van der Waals surface area contributed by atoms with Gasteiger partial charge < -0.3 is 9.84 Å². The van der Waals surface area contributed by atoms with E-state index >= 15 is 0 Å². The van der Waals surface area contributed by atoms with Crippen LogP contribution in [0.3, 0.4) is 0 Å². The third-order valence-electron chi connectivity index (χ3n) is 2.65. The SMILES string of the molecule is [CH]c1cc2cc(C(=O)O)ccc2n1C(=O)OC(C)(C)C. The van der Waals surface area contributed by atoms with Gasteiger partial charge in [0.25, 0.3) is 0 Å². The molecular weight excluding hydrogens is 258 g/mol. The van der Waals surface area contributed by atoms with E-state index in [9.17, 15) is 9.59 Å². The Morgan fingerprint density at radius 2 is 1.90 bits per heavy atom. The molecular formula is C15H15NO4. The Labute approximate surface area is 116 Å². The van der Waals surface area contributed by atoms with Crippen LogP contribution in [0, 0.1) is 6.92 Å². The molecule has 1 heterocycles. The molecule has 0 saturated heterocycles. The normalized spacial score (nSPS) is 11.6. The first-order valence-electron chi connectivity index (χ1n) is 6.06. The zero-order valence-corrected chi connectivity index (χ0v) is 11.5. The summed E-state index contributed by atoms with van der Waals surface area (Å²) in [6.07, 6.45) is -0.590. The van der Waals surface area contributed by atoms with E-state index in [1.54, 1.807) is 32.9 Å². The van der Waals surface area contributed by atoms with Crippen LogP contribution in [0.25, 0.3) is 10.9 Å². The molecule has 0 amide bonds. The molecule has 0 atom stereocenters. The number of aromatic carboxylic acids is 1. The average molecular weight is 273 g/mol. The van der Waals surface area contributed by atoms with Crippen molar-refractivity contribution in [3.8, 4) is 0 Å². The van der Waals surface area contributed by atoms with Gasteiger partial charge in [-0.25, -0.2) is 14.2 Å². The van der Waals surface area contributed by atoms with E-state index in [4.69, 9.17) is 16.8 Å². The Hall–Kier alpha value is -2.30. The van der Waals surface area contributed by atoms with Crippen LogP contribution in [0.4, 0.5) is 4.79 Å². The standard InChI is InChI=1S/C15H15NO4/c1-9-7-11-8-10(13(17)18)5-6-12(11)16(9)14(19)20-15(2,3)4/h1,5-8H,2-4H3,(H,17,18). The number of carbonyl (C=O) groups is 2. The molecule has 2 rings (SSSR count). The minimum atomic E-state index is -1.03. The maximum Gasteiger partial charge on any atom is 0.419 e. The van der Waals surface area contributed by atoms with Crippen LogP contribution in [-0.4, -0.2) is 27.3 Å². The molecule has 0 saturated carbocycles. The predicted molar refractivity (Wildman–Crippen MR) is 73.9 cm³/mol. The third kappa shape index (κ3) is 2.66. The Morgan fingerprint density at radius 1 is 1.25 bits per heavy atom. The van der Waals surface area contributed by atoms with Crippen molar-refractivity contribution in [1.29, 1.82) is 0 Å². The Bertz CT molecular complexity index is 692. The fourth-order valence-corrected chi connectivity index (χ4v) is 1.88. The van der Waals surface area contributed by atoms with Crippen LogP contribution in [0.2, 0.25) is 0 Å². The molecule has 0 aliphatic rings. The van der Waals surface area contributed by atoms with Crippen molar-refractivity contribution in [3.05, 3.63) is 42.4 Å². The van der Waals surface area contributed by atoms with Crippen LogP contribution in [-0.2, 0) is 4.74 Å². The van der Waals surface area contributed by atoms with Crippen molar-refractivity contribution in [2.75, 3.05) is 0 Å². The van der Waals surface area contributed by atoms with Crippen molar-refractivity contribution in [2.24, 2.45) is 0 Å². The zero-order valence-electron chi connectivity index (χ0n) is 11.5. The van der Waals surface area contributed by atoms with Gasteiger partial charge in [-0.1, -0.05) is 0 Å². The molecule has 1 aromatic carbocycles. The number of benzene rings is 1. The molecule has 104 valence electrons. The van der Waals surface area contributed by atoms with Gasteiger partial charge >= 0.3 is 12.1 Å². The number of ether oxygens (including phenoxy) is 1. The van der Waals surface area contributed by atoms with Crippen LogP contribution in [0.15, 0.2) is 24.3 Å². The number of carbonyl (C=O) groups excluding carboxylic acids is 1. The van der Waals surface area contributed by atoms with Gasteiger partial charge in [-0.05, 0) is 45.0 Å². The van der Waals surface area contributed by atoms with Gasteiger partial charge in [0.2, 0.25) is 0 Å². The lowest BCUT2D eigenvalue weighted by molar-refractivity contribution is 0.0542. The lowest BCUT2D eigenvalue weighted by Crippen LogP contribution is -2.27. The number of aromatic nitrogens is 1. The molecule has 5 heteroatoms. The zero-order chi connectivity index (χ0) is 15.1. The van der Waals surface area contributed by atoms with Gasteiger partial charge in [0.05, 0.1) is 11.1 Å². The Morgan fingerprint density at radius 3 is 2.45 bits per heavy atom. The highest BCUT2D eigenvalue weighted by molar-refractivity contribution is 5.97. The van der Waals surface area contributed by atoms with Crippen LogP contribution in [0.1, 0.15) is 36.8 Å². The molecule has 0 fully saturated rings. The van der Waals surface area contributed by atoms with Crippen molar-refractivity contribution in [2.45, 2.75) is 26.4 Å². The largest absolute Gasteiger partial charge is 0.478 e. The van der Waals surface area contributed by atoms with E-state index in [1.807, 2.05) is 0 Å². The van der Waals surface area contributed by atoms with Gasteiger partial charge in [0, 0.05) is 18.0 Å². The number of carboxylic acids is 1. The van der Waals surface area contributed by atoms with E-state index < -0.39 is 17.7 Å². The monoisotopic (exact) mass is 273 g/mol. The van der Waals surface area contributed by atoms with Gasteiger partial charge in [-0.3, -0.25) is 0 Å². The van der Waals surface area contributed by atoms with Crippen molar-refractivity contribution >= 4 is 23.0 Å². The summed E-state index contributed by atoms with van der Waals surface area (Å²) in [7, 11) is 0. The fourth-order valence-electron chi connectivity index (χ4n) is 1.88. The third-order valence-corrected chi connectivity index (χ3v) is 2.65. The Balaban J connectivity index is 2.52. The number of nitrogens with zero attached hydrogens (tertiary/aromatic N) is 1. The summed E-state index contributed by atoms with van der Waals surface area (Å²) < 4.78 is 6.50. The van der Waals surface area contributed by atoms with E-state index in [0.717, 1.165) is 0 Å². The van der Waals surface area contributed by atoms with Gasteiger partial charge in [-0.15, -0.1) is 0 Å². The van der Waals surface area contributed by atoms with Crippen molar-refractivity contribution < 1.29 is 19.4 Å². The summed E-state index contributed by atoms with van der Waals surface area (Å²) in [6, 6.07) is 5.98. The van der Waals surface area contributed by atoms with E-state index in [0.29, 0.717) is 10.9 Å². The maximum atomic E-state index is 12.1. The second-order valence-electron chi connectivity index (χ2n) is 5.46. The predicted octanol–water partition coefficient (Wildman–Crippen LogP) is 3.18. The molecule has 1 N–H and O–H groups in total. The first-order valence-corrected chi connectivity index (χ1v) is 6.06. The van der Waals surface area contributed by atoms with Gasteiger partial charge in [0.1, 0.15) is 5.60 Å². The second-order valence-corrected chi connectivity index (χ2v) is 5.46. The summed E-state index contributed by atoms with van der Waals surface area (Å²) in [5, 5.41) is 9.53. The minimum absolute atomic E-state index is 0.138. The summed E-state index contributed by atoms with van der Waals surface area (Å²) in [5.41, 5.74) is 0.221. The molecule has 2 radical (unpaired) electrons. The summed E-state index contributed by atoms with van der Waals surface area (Å²) >= 11 is 0. The van der Waals surface area contributed by atoms with E-state index in [1.165, 1.54) is 16.7 Å². The Kier molecular flexibility index (Phi) is 3.29. The quantitative estimate of drug-likeness (QED) is 0.866. The van der Waals surface area contributed by atoms with E-state index in [2.05, 4.69) is 0 Å². The second kappa shape index (κ2) is 4.67. The minimum Gasteiger partial charge on any atom is -0.478 e. The summed E-state index contributed by atoms with van der Waals surface area (Å²) in [4.78, 5) is 23.0. The highest BCUT2D eigenvalue weighted by Gasteiger charge is 2.21. The number of hydrogen-bond donors (Lipinski definition) is 1. The highest BCUT2D eigenvalue weighted by atomic mass is 16.6. The number of hydrogen-bond acceptors (Lipinski definition) is 3. The van der Waals surface area contributed by atoms with E-state index in [-0.39, 0.29) is 11.3 Å². The number of fused-ring (bicyclic) bond motifs is 1. The molecule has 1 aromatic heterocycles. The molecule has 0 aliphatic carbocycles. The van der Waals surface area contributed by atoms with Crippen molar-refractivity contribution in [3.63, 3.8) is 0 Å². The highest BCUT2D eigenvalue weighted by Crippen LogP contribution is 2.22. The van der Waals surface area contributed by atoms with Crippen LogP contribution < -0.4 is 0 Å². The summed E-state index contributed by atoms with van der Waals surface area (Å²) in [6.45, 7) is 11.1. The topological polar surface area (TPSA) is 68.5 Å². The molecule has 0 aliphatic heterocycles. The maximum absolute atomic E-state index is 12.1. The summed E-state index contributed by atoms with van der Waals surface area (Å²) in [5.74, 6) is -1.03. The molecule has 5 nitrogen and oxygen atoms in total. The molecule has 0 bridgehead atoms. The molecule has 20 heavy (non-hydrogen) atoms. The average Bonchev–Trinajstić information content (AvgIpc) is 2.61. The van der Waals surface area contributed by atoms with Gasteiger partial charge in [0.15, 0.2) is 0 Å². The first kappa shape index (κ1) is 14.1.